The van der Waals surface area contributed by atoms with Crippen LogP contribution in [0.1, 0.15) is 27.9 Å². The number of hydrogen-bond acceptors (Lipinski definition) is 4. The van der Waals surface area contributed by atoms with Gasteiger partial charge in [-0.2, -0.15) is 0 Å². The van der Waals surface area contributed by atoms with E-state index in [1.165, 1.54) is 13.2 Å². The Kier molecular flexibility index (Phi) is 5.63. The minimum Gasteiger partial charge on any atom is -0.496 e. The summed E-state index contributed by atoms with van der Waals surface area (Å²) < 4.78 is 5.03. The van der Waals surface area contributed by atoms with Gasteiger partial charge < -0.3 is 20.1 Å². The van der Waals surface area contributed by atoms with Crippen molar-refractivity contribution in [1.29, 1.82) is 0 Å². The summed E-state index contributed by atoms with van der Waals surface area (Å²) in [6.45, 7) is 2.60. The van der Waals surface area contributed by atoms with Crippen LogP contribution in [0.25, 0.3) is 0 Å². The molecule has 3 rings (SSSR count). The van der Waals surface area contributed by atoms with Gasteiger partial charge in [0.05, 0.1) is 7.11 Å². The maximum absolute atomic E-state index is 12.6. The highest BCUT2D eigenvalue weighted by Crippen LogP contribution is 2.26. The Bertz CT molecular complexity index is 908. The van der Waals surface area contributed by atoms with Crippen molar-refractivity contribution in [3.8, 4) is 5.75 Å². The van der Waals surface area contributed by atoms with E-state index >= 15 is 0 Å². The Hall–Kier alpha value is -3.35. The first-order valence-corrected chi connectivity index (χ1v) is 8.96. The Labute approximate surface area is 162 Å². The molecule has 1 aliphatic rings. The number of nitrogens with zero attached hydrogens (tertiary/aromatic N) is 1. The van der Waals surface area contributed by atoms with Gasteiger partial charge in [-0.15, -0.1) is 0 Å². The average molecular weight is 382 g/mol. The number of carboxylic acids is 1. The second-order valence-electron chi connectivity index (χ2n) is 6.72. The third kappa shape index (κ3) is 3.98. The van der Waals surface area contributed by atoms with E-state index in [1.54, 1.807) is 17.0 Å². The summed E-state index contributed by atoms with van der Waals surface area (Å²) in [5.41, 5.74) is 2.53. The van der Waals surface area contributed by atoms with Crippen LogP contribution in [0.5, 0.6) is 5.75 Å². The maximum atomic E-state index is 12.6. The number of aryl methyl sites for hydroxylation is 1. The Balaban J connectivity index is 1.64. The van der Waals surface area contributed by atoms with Crippen molar-refractivity contribution >= 4 is 23.5 Å². The molecule has 7 nitrogen and oxygen atoms in total. The molecule has 0 unspecified atom stereocenters. The smallest absolute Gasteiger partial charge is 0.339 e. The fourth-order valence-electron chi connectivity index (χ4n) is 3.25. The van der Waals surface area contributed by atoms with Crippen molar-refractivity contribution in [3.05, 3.63) is 59.2 Å². The van der Waals surface area contributed by atoms with Crippen molar-refractivity contribution < 1.29 is 24.2 Å². The SMILES string of the molecule is COc1ccc(CNC(=O)[C@H]2CCN(c3ccc(C)cc3)C2=O)cc1C(=O)O. The Morgan fingerprint density at radius 2 is 1.93 bits per heavy atom. The molecule has 0 bridgehead atoms. The van der Waals surface area contributed by atoms with Crippen molar-refractivity contribution in [1.82, 2.24) is 5.32 Å². The van der Waals surface area contributed by atoms with Crippen LogP contribution in [0.15, 0.2) is 42.5 Å². The number of benzene rings is 2. The molecule has 1 atom stereocenters. The molecule has 0 radical (unpaired) electrons. The molecule has 2 aromatic rings. The molecule has 0 aliphatic carbocycles. The van der Waals surface area contributed by atoms with Gasteiger partial charge in [-0.25, -0.2) is 4.79 Å². The van der Waals surface area contributed by atoms with Gasteiger partial charge in [0.25, 0.3) is 0 Å². The third-order valence-electron chi connectivity index (χ3n) is 4.83. The zero-order valence-electron chi connectivity index (χ0n) is 15.8. The van der Waals surface area contributed by atoms with Gasteiger partial charge in [0.1, 0.15) is 17.2 Å². The minimum absolute atomic E-state index is 0.0248. The molecule has 1 fully saturated rings. The van der Waals surface area contributed by atoms with Gasteiger partial charge in [-0.05, 0) is 43.2 Å². The lowest BCUT2D eigenvalue weighted by Gasteiger charge is -2.17. The monoisotopic (exact) mass is 382 g/mol. The maximum Gasteiger partial charge on any atom is 0.339 e. The standard InChI is InChI=1S/C21H22N2O5/c1-13-3-6-15(7-4-13)23-10-9-16(20(23)25)19(24)22-12-14-5-8-18(28-2)17(11-14)21(26)27/h3-8,11,16H,9-10,12H2,1-2H3,(H,22,24)(H,26,27)/t16-/m1/s1. The van der Waals surface area contributed by atoms with Crippen molar-refractivity contribution in [2.75, 3.05) is 18.6 Å². The van der Waals surface area contributed by atoms with E-state index in [9.17, 15) is 19.5 Å². The zero-order valence-corrected chi connectivity index (χ0v) is 15.8. The number of carboxylic acid groups (broad SMARTS) is 1. The van der Waals surface area contributed by atoms with Gasteiger partial charge in [0, 0.05) is 18.8 Å². The highest BCUT2D eigenvalue weighted by atomic mass is 16.5. The molecule has 146 valence electrons. The lowest BCUT2D eigenvalue weighted by Crippen LogP contribution is -2.36. The summed E-state index contributed by atoms with van der Waals surface area (Å²) in [6, 6.07) is 12.3. The Morgan fingerprint density at radius 3 is 2.57 bits per heavy atom. The molecule has 1 saturated heterocycles. The zero-order chi connectivity index (χ0) is 20.3. The van der Waals surface area contributed by atoms with Crippen LogP contribution in [0.4, 0.5) is 5.69 Å². The predicted octanol–water partition coefficient (Wildman–Crippen LogP) is 2.37. The number of carbonyl (C=O) groups is 3. The molecule has 1 aliphatic heterocycles. The Morgan fingerprint density at radius 1 is 1.21 bits per heavy atom. The summed E-state index contributed by atoms with van der Waals surface area (Å²) in [5, 5.41) is 12.0. The molecule has 2 amide bonds. The normalized spacial score (nSPS) is 16.1. The number of aromatic carboxylic acids is 1. The number of hydrogen-bond donors (Lipinski definition) is 2. The lowest BCUT2D eigenvalue weighted by atomic mass is 10.1. The molecule has 7 heteroatoms. The summed E-state index contributed by atoms with van der Waals surface area (Å²) in [4.78, 5) is 38.1. The van der Waals surface area contributed by atoms with Gasteiger partial charge in [0.15, 0.2) is 0 Å². The number of ether oxygens (including phenoxy) is 1. The van der Waals surface area contributed by atoms with E-state index in [0.717, 1.165) is 11.3 Å². The molecule has 28 heavy (non-hydrogen) atoms. The molecule has 0 spiro atoms. The van der Waals surface area contributed by atoms with Crippen LogP contribution in [0, 0.1) is 12.8 Å². The van der Waals surface area contributed by atoms with E-state index in [1.807, 2.05) is 31.2 Å². The molecule has 2 N–H and O–H groups in total. The topological polar surface area (TPSA) is 95.9 Å². The predicted molar refractivity (Wildman–Crippen MR) is 103 cm³/mol. The van der Waals surface area contributed by atoms with Gasteiger partial charge >= 0.3 is 5.97 Å². The van der Waals surface area contributed by atoms with E-state index in [0.29, 0.717) is 18.5 Å². The molecule has 0 saturated carbocycles. The van der Waals surface area contributed by atoms with Crippen LogP contribution in [-0.4, -0.2) is 36.5 Å². The molecular formula is C21H22N2O5. The molecule has 1 heterocycles. The highest BCUT2D eigenvalue weighted by molar-refractivity contribution is 6.09. The van der Waals surface area contributed by atoms with E-state index in [2.05, 4.69) is 5.32 Å². The van der Waals surface area contributed by atoms with Crippen molar-refractivity contribution in [2.45, 2.75) is 19.9 Å². The number of amides is 2. The second kappa shape index (κ2) is 8.12. The average Bonchev–Trinajstić information content (AvgIpc) is 3.08. The number of nitrogens with one attached hydrogen (secondary N) is 1. The largest absolute Gasteiger partial charge is 0.496 e. The summed E-state index contributed by atoms with van der Waals surface area (Å²) in [5.74, 6) is -2.17. The van der Waals surface area contributed by atoms with Crippen LogP contribution >= 0.6 is 0 Å². The number of carbonyl (C=O) groups excluding carboxylic acids is 2. The quantitative estimate of drug-likeness (QED) is 0.748. The summed E-state index contributed by atoms with van der Waals surface area (Å²) >= 11 is 0. The summed E-state index contributed by atoms with van der Waals surface area (Å²) in [6.07, 6.45) is 0.446. The molecule has 0 aromatic heterocycles. The van der Waals surface area contributed by atoms with Crippen molar-refractivity contribution in [3.63, 3.8) is 0 Å². The van der Waals surface area contributed by atoms with Gasteiger partial charge in [0.2, 0.25) is 11.8 Å². The first-order chi connectivity index (χ1) is 13.4. The molecular weight excluding hydrogens is 360 g/mol. The number of anilines is 1. The lowest BCUT2D eigenvalue weighted by molar-refractivity contribution is -0.132. The third-order valence-corrected chi connectivity index (χ3v) is 4.83. The summed E-state index contributed by atoms with van der Waals surface area (Å²) in [7, 11) is 1.40. The van der Waals surface area contributed by atoms with Crippen LogP contribution < -0.4 is 15.0 Å². The van der Waals surface area contributed by atoms with Crippen LogP contribution in [-0.2, 0) is 16.1 Å². The molecule has 2 aromatic carbocycles. The van der Waals surface area contributed by atoms with Crippen molar-refractivity contribution in [2.24, 2.45) is 5.92 Å². The second-order valence-corrected chi connectivity index (χ2v) is 6.72. The first-order valence-electron chi connectivity index (χ1n) is 8.96. The van der Waals surface area contributed by atoms with Crippen LogP contribution in [0.3, 0.4) is 0 Å². The van der Waals surface area contributed by atoms with Gasteiger partial charge in [-0.1, -0.05) is 23.8 Å². The fraction of sp³-hybridized carbons (Fsp3) is 0.286. The van der Waals surface area contributed by atoms with Crippen LogP contribution in [0.2, 0.25) is 0 Å². The van der Waals surface area contributed by atoms with Gasteiger partial charge in [-0.3, -0.25) is 9.59 Å². The fourth-order valence-corrected chi connectivity index (χ4v) is 3.25. The van der Waals surface area contributed by atoms with E-state index < -0.39 is 11.9 Å². The minimum atomic E-state index is -1.11. The van der Waals surface area contributed by atoms with E-state index in [-0.39, 0.29) is 29.7 Å². The first kappa shape index (κ1) is 19.4. The highest BCUT2D eigenvalue weighted by Gasteiger charge is 2.37. The van der Waals surface area contributed by atoms with E-state index in [4.69, 9.17) is 4.74 Å². The number of rotatable bonds is 6. The number of methoxy groups -OCH3 is 1.